The molecule has 1 aliphatic heterocycles. The Bertz CT molecular complexity index is 959. The zero-order valence-corrected chi connectivity index (χ0v) is 18.6. The van der Waals surface area contributed by atoms with Gasteiger partial charge in [0, 0.05) is 23.7 Å². The maximum atomic E-state index is 12.9. The number of sulfone groups is 1. The standard InChI is InChI=1S/C22H33N5O2S/c1-14(2)30(28,29)20-6-4-3-5-19(20)26-21-18(15-7-8-15)13-25-22(24,27-21)16-9-11-17(23)12-10-16/h3-6,13-17,26-27H,7-12,23-24H2,1-2H3. The molecule has 1 atom stereocenters. The van der Waals surface area contributed by atoms with Crippen LogP contribution in [0.25, 0.3) is 0 Å². The van der Waals surface area contributed by atoms with Gasteiger partial charge in [-0.05, 0) is 70.4 Å². The van der Waals surface area contributed by atoms with Crippen molar-refractivity contribution in [3.05, 3.63) is 35.7 Å². The molecular weight excluding hydrogens is 398 g/mol. The van der Waals surface area contributed by atoms with Gasteiger partial charge in [-0.2, -0.15) is 0 Å². The van der Waals surface area contributed by atoms with Gasteiger partial charge in [-0.3, -0.25) is 10.7 Å². The van der Waals surface area contributed by atoms with Crippen molar-refractivity contribution in [2.75, 3.05) is 5.32 Å². The molecule has 1 aromatic carbocycles. The SMILES string of the molecule is CC(C)S(=O)(=O)c1ccccc1NC1=C(C2CC2)C=NC(N)(C2CCC(N)CC2)N1. The summed E-state index contributed by atoms with van der Waals surface area (Å²) in [7, 11) is -3.43. The van der Waals surface area contributed by atoms with E-state index < -0.39 is 20.9 Å². The molecule has 4 rings (SSSR count). The summed E-state index contributed by atoms with van der Waals surface area (Å²) in [6, 6.07) is 7.29. The third-order valence-corrected chi connectivity index (χ3v) is 8.73. The zero-order valence-electron chi connectivity index (χ0n) is 17.8. The van der Waals surface area contributed by atoms with Gasteiger partial charge in [0.1, 0.15) is 5.82 Å². The van der Waals surface area contributed by atoms with Gasteiger partial charge < -0.3 is 16.4 Å². The van der Waals surface area contributed by atoms with Crippen molar-refractivity contribution >= 4 is 21.7 Å². The molecule has 0 radical (unpaired) electrons. The number of hydrogen-bond acceptors (Lipinski definition) is 7. The Kier molecular flexibility index (Phi) is 5.67. The number of para-hydroxylation sites is 1. The van der Waals surface area contributed by atoms with Crippen molar-refractivity contribution in [3.63, 3.8) is 0 Å². The van der Waals surface area contributed by atoms with Gasteiger partial charge in [0.15, 0.2) is 15.6 Å². The van der Waals surface area contributed by atoms with Gasteiger partial charge in [0.25, 0.3) is 0 Å². The average molecular weight is 432 g/mol. The van der Waals surface area contributed by atoms with E-state index in [0.717, 1.165) is 49.9 Å². The van der Waals surface area contributed by atoms with Crippen LogP contribution in [0.15, 0.2) is 45.5 Å². The van der Waals surface area contributed by atoms with E-state index in [9.17, 15) is 8.42 Å². The minimum atomic E-state index is -3.43. The molecule has 0 amide bonds. The topological polar surface area (TPSA) is 123 Å². The fraction of sp³-hybridized carbons (Fsp3) is 0.591. The third kappa shape index (κ3) is 4.13. The number of rotatable bonds is 6. The van der Waals surface area contributed by atoms with Gasteiger partial charge in [-0.15, -0.1) is 0 Å². The maximum Gasteiger partial charge on any atom is 0.186 e. The molecule has 0 spiro atoms. The van der Waals surface area contributed by atoms with Crippen molar-refractivity contribution in [1.82, 2.24) is 5.32 Å². The molecule has 8 heteroatoms. The van der Waals surface area contributed by atoms with Crippen LogP contribution in [0.3, 0.4) is 0 Å². The minimum Gasteiger partial charge on any atom is -0.341 e. The quantitative estimate of drug-likeness (QED) is 0.549. The Hall–Kier alpha value is -1.90. The fourth-order valence-electron chi connectivity index (χ4n) is 4.33. The summed E-state index contributed by atoms with van der Waals surface area (Å²) in [4.78, 5) is 5.03. The van der Waals surface area contributed by atoms with Crippen LogP contribution in [0.1, 0.15) is 52.4 Å². The van der Waals surface area contributed by atoms with Gasteiger partial charge in [-0.25, -0.2) is 8.42 Å². The second-order valence-electron chi connectivity index (χ2n) is 9.14. The normalized spacial score (nSPS) is 29.8. The Morgan fingerprint density at radius 3 is 2.43 bits per heavy atom. The van der Waals surface area contributed by atoms with Gasteiger partial charge in [0.05, 0.1) is 15.8 Å². The molecule has 0 bridgehead atoms. The highest BCUT2D eigenvalue weighted by molar-refractivity contribution is 7.92. The van der Waals surface area contributed by atoms with Gasteiger partial charge >= 0.3 is 0 Å². The molecule has 1 aromatic rings. The predicted octanol–water partition coefficient (Wildman–Crippen LogP) is 2.71. The van der Waals surface area contributed by atoms with Crippen molar-refractivity contribution in [2.24, 2.45) is 28.3 Å². The number of anilines is 1. The first kappa shape index (κ1) is 21.3. The number of allylic oxidation sites excluding steroid dienone is 1. The molecule has 3 aliphatic rings. The van der Waals surface area contributed by atoms with Crippen LogP contribution in [0.5, 0.6) is 0 Å². The molecule has 164 valence electrons. The van der Waals surface area contributed by atoms with E-state index in [0.29, 0.717) is 16.5 Å². The summed E-state index contributed by atoms with van der Waals surface area (Å²) < 4.78 is 25.8. The van der Waals surface area contributed by atoms with Crippen molar-refractivity contribution in [2.45, 2.75) is 74.3 Å². The molecule has 2 aliphatic carbocycles. The first-order valence-electron chi connectivity index (χ1n) is 10.9. The largest absolute Gasteiger partial charge is 0.341 e. The van der Waals surface area contributed by atoms with Crippen LogP contribution in [0, 0.1) is 11.8 Å². The number of nitrogens with one attached hydrogen (secondary N) is 2. The average Bonchev–Trinajstić information content (AvgIpc) is 3.54. The van der Waals surface area contributed by atoms with Crippen LogP contribution in [-0.4, -0.2) is 31.7 Å². The van der Waals surface area contributed by atoms with E-state index in [4.69, 9.17) is 16.5 Å². The van der Waals surface area contributed by atoms with E-state index in [-0.39, 0.29) is 12.0 Å². The van der Waals surface area contributed by atoms with Crippen LogP contribution < -0.4 is 22.1 Å². The summed E-state index contributed by atoms with van der Waals surface area (Å²) in [6.07, 6.45) is 7.84. The zero-order chi connectivity index (χ0) is 21.5. The molecule has 1 heterocycles. The first-order valence-corrected chi connectivity index (χ1v) is 12.5. The molecule has 2 fully saturated rings. The van der Waals surface area contributed by atoms with E-state index in [1.165, 1.54) is 0 Å². The molecule has 2 saturated carbocycles. The van der Waals surface area contributed by atoms with Crippen LogP contribution in [-0.2, 0) is 9.84 Å². The Balaban J connectivity index is 1.65. The lowest BCUT2D eigenvalue weighted by atomic mass is 9.81. The van der Waals surface area contributed by atoms with Crippen LogP contribution in [0.2, 0.25) is 0 Å². The number of hydrogen-bond donors (Lipinski definition) is 4. The number of nitrogens with zero attached hydrogens (tertiary/aromatic N) is 1. The first-order chi connectivity index (χ1) is 14.2. The van der Waals surface area contributed by atoms with Crippen LogP contribution >= 0.6 is 0 Å². The number of benzene rings is 1. The summed E-state index contributed by atoms with van der Waals surface area (Å²) in [5.74, 6) is 0.478. The van der Waals surface area contributed by atoms with Gasteiger partial charge in [-0.1, -0.05) is 12.1 Å². The van der Waals surface area contributed by atoms with Crippen LogP contribution in [0.4, 0.5) is 5.69 Å². The summed E-state index contributed by atoms with van der Waals surface area (Å²) in [5.41, 5.74) is 14.4. The summed E-state index contributed by atoms with van der Waals surface area (Å²) in [6.45, 7) is 3.40. The predicted molar refractivity (Wildman–Crippen MR) is 121 cm³/mol. The lowest BCUT2D eigenvalue weighted by molar-refractivity contribution is 0.175. The third-order valence-electron chi connectivity index (χ3n) is 6.52. The lowest BCUT2D eigenvalue weighted by Crippen LogP contribution is -2.60. The second-order valence-corrected chi connectivity index (χ2v) is 11.6. The van der Waals surface area contributed by atoms with Gasteiger partial charge in [0.2, 0.25) is 0 Å². The lowest BCUT2D eigenvalue weighted by Gasteiger charge is -2.41. The maximum absolute atomic E-state index is 12.9. The number of aliphatic imine (C=N–C) groups is 1. The highest BCUT2D eigenvalue weighted by atomic mass is 32.2. The Labute approximate surface area is 179 Å². The van der Waals surface area contributed by atoms with E-state index in [1.807, 2.05) is 12.3 Å². The molecule has 30 heavy (non-hydrogen) atoms. The molecular formula is C22H33N5O2S. The van der Waals surface area contributed by atoms with Crippen molar-refractivity contribution in [3.8, 4) is 0 Å². The minimum absolute atomic E-state index is 0.181. The second kappa shape index (κ2) is 7.98. The summed E-state index contributed by atoms with van der Waals surface area (Å²) in [5, 5.41) is 6.33. The van der Waals surface area contributed by atoms with E-state index >= 15 is 0 Å². The summed E-state index contributed by atoms with van der Waals surface area (Å²) >= 11 is 0. The molecule has 0 aromatic heterocycles. The van der Waals surface area contributed by atoms with E-state index in [1.54, 1.807) is 32.0 Å². The molecule has 0 saturated heterocycles. The Morgan fingerprint density at radius 2 is 1.80 bits per heavy atom. The number of nitrogens with two attached hydrogens (primary N) is 2. The highest BCUT2D eigenvalue weighted by Gasteiger charge is 2.41. The molecule has 7 nitrogen and oxygen atoms in total. The molecule has 1 unspecified atom stereocenters. The Morgan fingerprint density at radius 1 is 1.13 bits per heavy atom. The molecule has 6 N–H and O–H groups in total. The fourth-order valence-corrected chi connectivity index (χ4v) is 5.53. The van der Waals surface area contributed by atoms with Crippen molar-refractivity contribution in [1.29, 1.82) is 0 Å². The smallest absolute Gasteiger partial charge is 0.186 e. The van der Waals surface area contributed by atoms with Crippen molar-refractivity contribution < 1.29 is 8.42 Å². The van der Waals surface area contributed by atoms with E-state index in [2.05, 4.69) is 10.6 Å². The highest BCUT2D eigenvalue weighted by Crippen LogP contribution is 2.40. The monoisotopic (exact) mass is 431 g/mol.